The first kappa shape index (κ1) is 17.7. The predicted molar refractivity (Wildman–Crippen MR) is 99.6 cm³/mol. The Labute approximate surface area is 153 Å². The van der Waals surface area contributed by atoms with Crippen LogP contribution >= 0.6 is 0 Å². The van der Waals surface area contributed by atoms with Crippen LogP contribution in [0.25, 0.3) is 11.0 Å². The van der Waals surface area contributed by atoms with Crippen LogP contribution in [0.5, 0.6) is 0 Å². The van der Waals surface area contributed by atoms with E-state index in [-0.39, 0.29) is 17.8 Å². The van der Waals surface area contributed by atoms with Crippen LogP contribution in [0.1, 0.15) is 19.8 Å². The second-order valence-corrected chi connectivity index (χ2v) is 9.37. The summed E-state index contributed by atoms with van der Waals surface area (Å²) in [6.07, 6.45) is 5.12. The van der Waals surface area contributed by atoms with E-state index in [0.717, 1.165) is 29.7 Å². The molecule has 1 saturated heterocycles. The number of nitrogens with one attached hydrogen (secondary N) is 1. The summed E-state index contributed by atoms with van der Waals surface area (Å²) in [5.74, 6) is 1.33. The number of fused-ring (bicyclic) bond motifs is 1. The molecular formula is C17H25N5O3S. The van der Waals surface area contributed by atoms with Gasteiger partial charge in [0.2, 0.25) is 10.0 Å². The first-order valence-electron chi connectivity index (χ1n) is 9.04. The van der Waals surface area contributed by atoms with Gasteiger partial charge in [0.25, 0.3) is 0 Å². The van der Waals surface area contributed by atoms with Gasteiger partial charge in [-0.15, -0.1) is 0 Å². The van der Waals surface area contributed by atoms with Gasteiger partial charge >= 0.3 is 0 Å². The molecule has 1 N–H and O–H groups in total. The zero-order valence-corrected chi connectivity index (χ0v) is 15.9. The maximum absolute atomic E-state index is 12.7. The van der Waals surface area contributed by atoms with Crippen molar-refractivity contribution in [3.05, 3.63) is 18.6 Å². The summed E-state index contributed by atoms with van der Waals surface area (Å²) >= 11 is 0. The summed E-state index contributed by atoms with van der Waals surface area (Å²) in [5, 5.41) is 0.994. The minimum atomic E-state index is -3.21. The van der Waals surface area contributed by atoms with E-state index in [2.05, 4.69) is 19.9 Å². The molecule has 8 nitrogen and oxygen atoms in total. The van der Waals surface area contributed by atoms with Crippen molar-refractivity contribution in [2.45, 2.75) is 31.9 Å². The molecule has 2 aromatic rings. The van der Waals surface area contributed by atoms with Crippen LogP contribution in [0.3, 0.4) is 0 Å². The third kappa shape index (κ3) is 3.30. The number of ether oxygens (including phenoxy) is 1. The van der Waals surface area contributed by atoms with Gasteiger partial charge in [-0.2, -0.15) is 4.31 Å². The largest absolute Gasteiger partial charge is 0.376 e. The number of nitrogens with zero attached hydrogens (tertiary/aromatic N) is 4. The van der Waals surface area contributed by atoms with Gasteiger partial charge in [-0.05, 0) is 31.7 Å². The van der Waals surface area contributed by atoms with E-state index in [9.17, 15) is 8.42 Å². The van der Waals surface area contributed by atoms with Gasteiger partial charge in [-0.3, -0.25) is 0 Å². The van der Waals surface area contributed by atoms with Crippen LogP contribution in [0.15, 0.2) is 18.6 Å². The van der Waals surface area contributed by atoms with Crippen LogP contribution < -0.4 is 4.90 Å². The van der Waals surface area contributed by atoms with Crippen LogP contribution in [-0.4, -0.2) is 72.3 Å². The topological polar surface area (TPSA) is 91.4 Å². The van der Waals surface area contributed by atoms with E-state index >= 15 is 0 Å². The first-order valence-corrected chi connectivity index (χ1v) is 10.7. The number of aromatic nitrogens is 3. The van der Waals surface area contributed by atoms with Crippen molar-refractivity contribution in [1.82, 2.24) is 19.3 Å². The molecule has 1 aliphatic carbocycles. The van der Waals surface area contributed by atoms with Gasteiger partial charge in [0, 0.05) is 32.4 Å². The highest BCUT2D eigenvalue weighted by molar-refractivity contribution is 7.89. The lowest BCUT2D eigenvalue weighted by Crippen LogP contribution is -2.50. The predicted octanol–water partition coefficient (Wildman–Crippen LogP) is 1.22. The molecule has 3 heterocycles. The maximum Gasteiger partial charge on any atom is 0.214 e. The third-order valence-electron chi connectivity index (χ3n) is 5.47. The number of morpholine rings is 1. The minimum Gasteiger partial charge on any atom is -0.376 e. The van der Waals surface area contributed by atoms with Crippen molar-refractivity contribution in [1.29, 1.82) is 0 Å². The highest BCUT2D eigenvalue weighted by Gasteiger charge is 2.38. The molecule has 0 amide bonds. The van der Waals surface area contributed by atoms with Crippen molar-refractivity contribution >= 4 is 26.9 Å². The quantitative estimate of drug-likeness (QED) is 0.840. The average Bonchev–Trinajstić information content (AvgIpc) is 3.06. The van der Waals surface area contributed by atoms with Gasteiger partial charge < -0.3 is 14.6 Å². The Bertz CT molecular complexity index is 877. The van der Waals surface area contributed by atoms with E-state index in [4.69, 9.17) is 4.74 Å². The average molecular weight is 379 g/mol. The van der Waals surface area contributed by atoms with Crippen molar-refractivity contribution in [3.63, 3.8) is 0 Å². The normalized spacial score (nSPS) is 27.4. The summed E-state index contributed by atoms with van der Waals surface area (Å²) < 4.78 is 32.3. The number of hydrogen-bond acceptors (Lipinski definition) is 6. The summed E-state index contributed by atoms with van der Waals surface area (Å²) in [5.41, 5.74) is 0.821. The second kappa shape index (κ2) is 6.79. The number of sulfonamides is 1. The Morgan fingerprint density at radius 2 is 2.19 bits per heavy atom. The van der Waals surface area contributed by atoms with Crippen LogP contribution in [0.4, 0.5) is 5.82 Å². The molecule has 9 heteroatoms. The molecular weight excluding hydrogens is 354 g/mol. The van der Waals surface area contributed by atoms with Gasteiger partial charge in [-0.25, -0.2) is 18.4 Å². The van der Waals surface area contributed by atoms with E-state index in [1.807, 2.05) is 26.2 Å². The van der Waals surface area contributed by atoms with Gasteiger partial charge in [-0.1, -0.05) is 0 Å². The van der Waals surface area contributed by atoms with Crippen molar-refractivity contribution in [2.75, 3.05) is 37.4 Å². The monoisotopic (exact) mass is 379 g/mol. The third-order valence-corrected chi connectivity index (χ3v) is 7.48. The number of rotatable bonds is 5. The molecule has 2 aliphatic rings. The zero-order valence-electron chi connectivity index (χ0n) is 15.1. The zero-order chi connectivity index (χ0) is 18.3. The molecule has 0 radical (unpaired) electrons. The molecule has 4 rings (SSSR count). The van der Waals surface area contributed by atoms with E-state index in [0.29, 0.717) is 25.7 Å². The molecule has 0 spiro atoms. The van der Waals surface area contributed by atoms with E-state index < -0.39 is 10.0 Å². The van der Waals surface area contributed by atoms with Gasteiger partial charge in [0.1, 0.15) is 17.8 Å². The summed E-state index contributed by atoms with van der Waals surface area (Å²) in [6, 6.07) is 2.29. The van der Waals surface area contributed by atoms with Crippen LogP contribution in [0.2, 0.25) is 0 Å². The molecule has 26 heavy (non-hydrogen) atoms. The number of hydrogen-bond donors (Lipinski definition) is 1. The minimum absolute atomic E-state index is 0.0275. The van der Waals surface area contributed by atoms with E-state index in [1.54, 1.807) is 10.6 Å². The smallest absolute Gasteiger partial charge is 0.214 e. The molecule has 0 bridgehead atoms. The Morgan fingerprint density at radius 3 is 2.96 bits per heavy atom. The fourth-order valence-electron chi connectivity index (χ4n) is 3.91. The molecule has 2 fully saturated rings. The van der Waals surface area contributed by atoms with Gasteiger partial charge in [0.15, 0.2) is 0 Å². The number of aromatic amines is 1. The Hall–Kier alpha value is -1.71. The fourth-order valence-corrected chi connectivity index (χ4v) is 5.78. The lowest BCUT2D eigenvalue weighted by Gasteiger charge is -2.42. The van der Waals surface area contributed by atoms with Crippen LogP contribution in [0, 0.1) is 5.92 Å². The molecule has 0 aromatic carbocycles. The van der Waals surface area contributed by atoms with Crippen molar-refractivity contribution < 1.29 is 13.2 Å². The Morgan fingerprint density at radius 1 is 1.38 bits per heavy atom. The molecule has 0 unspecified atom stereocenters. The van der Waals surface area contributed by atoms with Crippen molar-refractivity contribution in [2.24, 2.45) is 5.92 Å². The lowest BCUT2D eigenvalue weighted by atomic mass is 9.81. The lowest BCUT2D eigenvalue weighted by molar-refractivity contribution is 0.00994. The molecule has 1 atom stereocenters. The summed E-state index contributed by atoms with van der Waals surface area (Å²) in [6.45, 7) is 3.33. The molecule has 142 valence electrons. The highest BCUT2D eigenvalue weighted by Crippen LogP contribution is 2.36. The number of H-pyrrole nitrogens is 1. The van der Waals surface area contributed by atoms with Crippen molar-refractivity contribution in [3.8, 4) is 0 Å². The van der Waals surface area contributed by atoms with Gasteiger partial charge in [0.05, 0.1) is 23.8 Å². The SMILES string of the molecule is C[C@H]1CN(S(=O)(=O)CC2CC(N(C)c3ncnc4[nH]ccc34)C2)CCO1. The Balaban J connectivity index is 1.37. The van der Waals surface area contributed by atoms with E-state index in [1.165, 1.54) is 0 Å². The standard InChI is InChI=1S/C17H25N5O3S/c1-12-9-22(5-6-25-12)26(23,24)10-13-7-14(8-13)21(2)17-15-3-4-18-16(15)19-11-20-17/h3-4,11-14H,5-10H2,1-2H3,(H,18,19,20)/t12-,13?,14?/m0/s1. The number of anilines is 1. The molecule has 2 aromatic heterocycles. The maximum atomic E-state index is 12.7. The highest BCUT2D eigenvalue weighted by atomic mass is 32.2. The molecule has 1 saturated carbocycles. The first-order chi connectivity index (χ1) is 12.4. The summed E-state index contributed by atoms with van der Waals surface area (Å²) in [7, 11) is -1.19. The Kier molecular flexibility index (Phi) is 4.62. The second-order valence-electron chi connectivity index (χ2n) is 7.36. The fraction of sp³-hybridized carbons (Fsp3) is 0.647. The van der Waals surface area contributed by atoms with Crippen LogP contribution in [-0.2, 0) is 14.8 Å². The molecule has 1 aliphatic heterocycles. The summed E-state index contributed by atoms with van der Waals surface area (Å²) in [4.78, 5) is 13.9.